The van der Waals surface area contributed by atoms with E-state index in [2.05, 4.69) is 5.32 Å². The summed E-state index contributed by atoms with van der Waals surface area (Å²) in [5.41, 5.74) is 1.63. The third kappa shape index (κ3) is 3.66. The van der Waals surface area contributed by atoms with Gasteiger partial charge in [-0.3, -0.25) is 9.59 Å². The molecule has 0 radical (unpaired) electrons. The molecule has 0 aromatic heterocycles. The van der Waals surface area contributed by atoms with Crippen LogP contribution >= 0.6 is 11.6 Å². The first-order chi connectivity index (χ1) is 12.0. The molecule has 0 bridgehead atoms. The lowest BCUT2D eigenvalue weighted by Gasteiger charge is -2.16. The number of hydrogen-bond donors (Lipinski definition) is 1. The largest absolute Gasteiger partial charge is 0.339 e. The molecule has 1 heterocycles. The van der Waals surface area contributed by atoms with Crippen LogP contribution < -0.4 is 5.32 Å². The summed E-state index contributed by atoms with van der Waals surface area (Å²) >= 11 is 5.92. The number of hydrogen-bond acceptors (Lipinski definition) is 2. The first-order valence-electron chi connectivity index (χ1n) is 8.12. The average molecular weight is 361 g/mol. The Balaban J connectivity index is 1.79. The minimum Gasteiger partial charge on any atom is -0.339 e. The summed E-state index contributed by atoms with van der Waals surface area (Å²) in [5.74, 6) is -1.30. The van der Waals surface area contributed by atoms with Crippen molar-refractivity contribution in [3.63, 3.8) is 0 Å². The van der Waals surface area contributed by atoms with Crippen molar-refractivity contribution in [1.82, 2.24) is 4.90 Å². The number of likely N-dealkylation sites (tertiary alicyclic amines) is 1. The highest BCUT2D eigenvalue weighted by Gasteiger charge is 2.21. The first-order valence-corrected chi connectivity index (χ1v) is 8.50. The van der Waals surface area contributed by atoms with Crippen LogP contribution in [0.1, 0.15) is 39.1 Å². The van der Waals surface area contributed by atoms with Crippen molar-refractivity contribution in [2.24, 2.45) is 0 Å². The molecule has 1 saturated heterocycles. The fraction of sp³-hybridized carbons (Fsp3) is 0.263. The Bertz CT molecular complexity index is 812. The lowest BCUT2D eigenvalue weighted by atomic mass is 10.1. The highest BCUT2D eigenvalue weighted by atomic mass is 35.5. The van der Waals surface area contributed by atoms with E-state index in [4.69, 9.17) is 11.6 Å². The van der Waals surface area contributed by atoms with Gasteiger partial charge in [0.15, 0.2) is 0 Å². The predicted octanol–water partition coefficient (Wildman–Crippen LogP) is 4.28. The second-order valence-electron chi connectivity index (χ2n) is 6.08. The molecule has 1 aliphatic heterocycles. The summed E-state index contributed by atoms with van der Waals surface area (Å²) in [6, 6.07) is 9.16. The van der Waals surface area contributed by atoms with Crippen molar-refractivity contribution < 1.29 is 14.0 Å². The van der Waals surface area contributed by atoms with E-state index < -0.39 is 11.7 Å². The van der Waals surface area contributed by atoms with Gasteiger partial charge in [-0.05, 0) is 55.7 Å². The lowest BCUT2D eigenvalue weighted by molar-refractivity contribution is 0.0792. The molecule has 0 atom stereocenters. The fourth-order valence-electron chi connectivity index (χ4n) is 2.94. The summed E-state index contributed by atoms with van der Waals surface area (Å²) in [7, 11) is 0. The molecular weight excluding hydrogens is 343 g/mol. The van der Waals surface area contributed by atoms with Crippen molar-refractivity contribution in [2.75, 3.05) is 18.4 Å². The van der Waals surface area contributed by atoms with E-state index in [-0.39, 0.29) is 16.5 Å². The molecule has 130 valence electrons. The summed E-state index contributed by atoms with van der Waals surface area (Å²) in [5, 5.41) is 2.71. The number of carbonyl (C=O) groups excluding carboxylic acids is 2. The van der Waals surface area contributed by atoms with E-state index in [1.807, 2.05) is 4.90 Å². The molecule has 2 amide bonds. The summed E-state index contributed by atoms with van der Waals surface area (Å²) in [4.78, 5) is 26.6. The second-order valence-corrected chi connectivity index (χ2v) is 6.49. The Morgan fingerprint density at radius 3 is 2.52 bits per heavy atom. The van der Waals surface area contributed by atoms with E-state index in [9.17, 15) is 14.0 Å². The van der Waals surface area contributed by atoms with Gasteiger partial charge < -0.3 is 10.2 Å². The van der Waals surface area contributed by atoms with Crippen LogP contribution in [-0.2, 0) is 0 Å². The molecule has 3 rings (SSSR count). The minimum absolute atomic E-state index is 0.00405. The highest BCUT2D eigenvalue weighted by molar-refractivity contribution is 6.34. The van der Waals surface area contributed by atoms with Gasteiger partial charge in [-0.2, -0.15) is 0 Å². The Hall–Kier alpha value is -2.40. The van der Waals surface area contributed by atoms with Crippen LogP contribution in [-0.4, -0.2) is 29.8 Å². The summed E-state index contributed by atoms with van der Waals surface area (Å²) in [6.45, 7) is 3.35. The van der Waals surface area contributed by atoms with Gasteiger partial charge in [0, 0.05) is 24.3 Å². The topological polar surface area (TPSA) is 49.4 Å². The van der Waals surface area contributed by atoms with Gasteiger partial charge in [0.25, 0.3) is 11.8 Å². The second kappa shape index (κ2) is 7.23. The van der Waals surface area contributed by atoms with E-state index in [0.29, 0.717) is 11.3 Å². The molecule has 2 aromatic rings. The Morgan fingerprint density at radius 1 is 1.16 bits per heavy atom. The molecule has 4 nitrogen and oxygen atoms in total. The van der Waals surface area contributed by atoms with Crippen molar-refractivity contribution in [3.05, 3.63) is 63.9 Å². The van der Waals surface area contributed by atoms with Crippen LogP contribution in [0.25, 0.3) is 0 Å². The van der Waals surface area contributed by atoms with Crippen molar-refractivity contribution in [1.29, 1.82) is 0 Å². The molecule has 6 heteroatoms. The van der Waals surface area contributed by atoms with Gasteiger partial charge in [0.05, 0.1) is 10.6 Å². The van der Waals surface area contributed by atoms with Gasteiger partial charge in [0.2, 0.25) is 0 Å². The van der Waals surface area contributed by atoms with Crippen LogP contribution in [0.5, 0.6) is 0 Å². The number of nitrogens with zero attached hydrogens (tertiary/aromatic N) is 1. The van der Waals surface area contributed by atoms with E-state index >= 15 is 0 Å². The molecule has 0 aliphatic carbocycles. The van der Waals surface area contributed by atoms with Crippen LogP contribution in [0.3, 0.4) is 0 Å². The number of benzene rings is 2. The van der Waals surface area contributed by atoms with Crippen LogP contribution in [0.15, 0.2) is 36.4 Å². The molecule has 2 aromatic carbocycles. The van der Waals surface area contributed by atoms with E-state index in [1.54, 1.807) is 25.1 Å². The summed E-state index contributed by atoms with van der Waals surface area (Å²) < 4.78 is 13.9. The predicted molar refractivity (Wildman–Crippen MR) is 95.7 cm³/mol. The third-order valence-corrected chi connectivity index (χ3v) is 4.62. The number of halogens is 2. The quantitative estimate of drug-likeness (QED) is 0.888. The SMILES string of the molecule is Cc1cc(C(=O)N2CCCC2)ccc1NC(=O)c1c(F)cccc1Cl. The normalized spacial score (nSPS) is 13.8. The standard InChI is InChI=1S/C19H18ClFN2O2/c1-12-11-13(19(25)23-9-2-3-10-23)7-8-16(12)22-18(24)17-14(20)5-4-6-15(17)21/h4-8,11H,2-3,9-10H2,1H3,(H,22,24). The zero-order valence-electron chi connectivity index (χ0n) is 13.8. The fourth-order valence-corrected chi connectivity index (χ4v) is 3.19. The Labute approximate surface area is 150 Å². The molecule has 0 unspecified atom stereocenters. The molecule has 1 aliphatic rings. The molecule has 1 fully saturated rings. The van der Waals surface area contributed by atoms with Crippen LogP contribution in [0, 0.1) is 12.7 Å². The number of rotatable bonds is 3. The molecule has 0 saturated carbocycles. The van der Waals surface area contributed by atoms with Gasteiger partial charge >= 0.3 is 0 Å². The molecule has 25 heavy (non-hydrogen) atoms. The van der Waals surface area contributed by atoms with Crippen LogP contribution in [0.2, 0.25) is 5.02 Å². The molecule has 1 N–H and O–H groups in total. The van der Waals surface area contributed by atoms with Gasteiger partial charge in [-0.25, -0.2) is 4.39 Å². The van der Waals surface area contributed by atoms with Gasteiger partial charge in [-0.1, -0.05) is 17.7 Å². The Morgan fingerprint density at radius 2 is 1.88 bits per heavy atom. The number of carbonyl (C=O) groups is 2. The van der Waals surface area contributed by atoms with Gasteiger partial charge in [-0.15, -0.1) is 0 Å². The highest BCUT2D eigenvalue weighted by Crippen LogP contribution is 2.23. The average Bonchev–Trinajstić information content (AvgIpc) is 3.10. The van der Waals surface area contributed by atoms with E-state index in [1.165, 1.54) is 18.2 Å². The maximum atomic E-state index is 13.9. The number of anilines is 1. The van der Waals surface area contributed by atoms with Crippen molar-refractivity contribution in [2.45, 2.75) is 19.8 Å². The van der Waals surface area contributed by atoms with Crippen molar-refractivity contribution >= 4 is 29.1 Å². The van der Waals surface area contributed by atoms with E-state index in [0.717, 1.165) is 31.5 Å². The minimum atomic E-state index is -0.677. The summed E-state index contributed by atoms with van der Waals surface area (Å²) in [6.07, 6.45) is 2.06. The number of aryl methyl sites for hydroxylation is 1. The maximum absolute atomic E-state index is 13.9. The van der Waals surface area contributed by atoms with Crippen molar-refractivity contribution in [3.8, 4) is 0 Å². The van der Waals surface area contributed by atoms with Gasteiger partial charge in [0.1, 0.15) is 5.82 Å². The lowest BCUT2D eigenvalue weighted by Crippen LogP contribution is -2.27. The molecule has 0 spiro atoms. The maximum Gasteiger partial charge on any atom is 0.260 e. The number of nitrogens with one attached hydrogen (secondary N) is 1. The van der Waals surface area contributed by atoms with Crippen LogP contribution in [0.4, 0.5) is 10.1 Å². The third-order valence-electron chi connectivity index (χ3n) is 4.30. The number of amides is 2. The Kier molecular flexibility index (Phi) is 5.04. The zero-order chi connectivity index (χ0) is 18.0. The first kappa shape index (κ1) is 17.4. The molecular formula is C19H18ClFN2O2. The monoisotopic (exact) mass is 360 g/mol. The smallest absolute Gasteiger partial charge is 0.260 e. The zero-order valence-corrected chi connectivity index (χ0v) is 14.6.